The quantitative estimate of drug-likeness (QED) is 0.467. The Morgan fingerprint density at radius 3 is 2.80 bits per heavy atom. The number of allylic oxidation sites excluding steroid dienone is 2. The molecule has 0 aromatic rings. The van der Waals surface area contributed by atoms with Gasteiger partial charge in [-0.2, -0.15) is 0 Å². The maximum atomic E-state index is 5.69. The smallest absolute Gasteiger partial charge is 0.183 e. The predicted molar refractivity (Wildman–Crippen MR) is 43.9 cm³/mol. The van der Waals surface area contributed by atoms with Crippen molar-refractivity contribution < 1.29 is 0 Å². The number of hydrogen-bond acceptors (Lipinski definition) is 2. The summed E-state index contributed by atoms with van der Waals surface area (Å²) in [7, 11) is 0. The van der Waals surface area contributed by atoms with Crippen LogP contribution in [-0.2, 0) is 0 Å². The molecule has 0 fully saturated rings. The molecule has 0 saturated carbocycles. The third kappa shape index (κ3) is 1.90. The summed E-state index contributed by atoms with van der Waals surface area (Å²) in [5, 5.41) is 1.83. The van der Waals surface area contributed by atoms with Crippen LogP contribution >= 0.6 is 23.2 Å². The van der Waals surface area contributed by atoms with Crippen LogP contribution in [0.15, 0.2) is 23.9 Å². The lowest BCUT2D eigenvalue weighted by molar-refractivity contribution is 0.648. The average Bonchev–Trinajstić information content (AvgIpc) is 1.88. The van der Waals surface area contributed by atoms with E-state index in [0.29, 0.717) is 5.88 Å². The van der Waals surface area contributed by atoms with Crippen molar-refractivity contribution in [2.75, 3.05) is 5.88 Å². The summed E-state index contributed by atoms with van der Waals surface area (Å²) >= 11 is 11.2. The van der Waals surface area contributed by atoms with Gasteiger partial charge in [0.05, 0.1) is 0 Å². The molecule has 2 nitrogen and oxygen atoms in total. The molecular weight excluding hydrogens is 171 g/mol. The second-order valence-corrected chi connectivity index (χ2v) is 2.99. The minimum absolute atomic E-state index is 0.469. The summed E-state index contributed by atoms with van der Waals surface area (Å²) in [4.78, 5) is 0. The lowest BCUT2D eigenvalue weighted by atomic mass is 10.2. The molecule has 1 unspecified atom stereocenters. The predicted octanol–water partition coefficient (Wildman–Crippen LogP) is 1.12. The number of halogens is 2. The lowest BCUT2D eigenvalue weighted by Gasteiger charge is -2.21. The van der Waals surface area contributed by atoms with Gasteiger partial charge in [-0.25, -0.2) is 0 Å². The molecule has 1 heterocycles. The Balaban J connectivity index is 2.63. The number of alkyl halides is 2. The second-order valence-electron chi connectivity index (χ2n) is 2.10. The summed E-state index contributed by atoms with van der Waals surface area (Å²) < 4.78 is 0. The first-order chi connectivity index (χ1) is 4.64. The van der Waals surface area contributed by atoms with E-state index in [-0.39, 0.29) is 0 Å². The average molecular weight is 179 g/mol. The first kappa shape index (κ1) is 7.92. The zero-order chi connectivity index (χ0) is 7.61. The zero-order valence-electron chi connectivity index (χ0n) is 5.27. The maximum Gasteiger partial charge on any atom is 0.183 e. The van der Waals surface area contributed by atoms with E-state index in [4.69, 9.17) is 28.9 Å². The van der Waals surface area contributed by atoms with Crippen molar-refractivity contribution in [1.82, 2.24) is 5.32 Å². The van der Waals surface area contributed by atoms with Gasteiger partial charge in [-0.15, -0.1) is 11.6 Å². The fourth-order valence-corrected chi connectivity index (χ4v) is 0.895. The highest BCUT2D eigenvalue weighted by Gasteiger charge is 2.17. The fraction of sp³-hybridized carbons (Fsp3) is 0.333. The number of rotatable bonds is 1. The van der Waals surface area contributed by atoms with Crippen LogP contribution in [0.5, 0.6) is 0 Å². The van der Waals surface area contributed by atoms with Crippen LogP contribution in [0.2, 0.25) is 0 Å². The second kappa shape index (κ2) is 2.82. The van der Waals surface area contributed by atoms with E-state index in [0.717, 1.165) is 5.57 Å². The summed E-state index contributed by atoms with van der Waals surface area (Å²) in [5.41, 5.74) is 6.45. The molecule has 0 amide bonds. The standard InChI is InChI=1S/C6H8Cl2N2/c7-3-5-1-2-6(8,9)10-4-5/h1-2,4,10H,3,9H2. The first-order valence-corrected chi connectivity index (χ1v) is 3.75. The third-order valence-corrected chi connectivity index (χ3v) is 1.72. The molecule has 10 heavy (non-hydrogen) atoms. The van der Waals surface area contributed by atoms with Crippen molar-refractivity contribution in [3.63, 3.8) is 0 Å². The maximum absolute atomic E-state index is 5.69. The SMILES string of the molecule is NC1(Cl)C=CC(CCl)=CN1. The molecule has 0 aromatic carbocycles. The number of dihydropyridines is 1. The van der Waals surface area contributed by atoms with Crippen LogP contribution in [0, 0.1) is 0 Å². The monoisotopic (exact) mass is 178 g/mol. The molecule has 1 rings (SSSR count). The van der Waals surface area contributed by atoms with Crippen LogP contribution in [-0.4, -0.2) is 11.0 Å². The highest BCUT2D eigenvalue weighted by Crippen LogP contribution is 2.13. The lowest BCUT2D eigenvalue weighted by Crippen LogP contribution is -2.45. The van der Waals surface area contributed by atoms with Gasteiger partial charge in [0.15, 0.2) is 5.12 Å². The summed E-state index contributed by atoms with van der Waals surface area (Å²) in [6, 6.07) is 0. The van der Waals surface area contributed by atoms with Crippen LogP contribution in [0.4, 0.5) is 0 Å². The molecule has 1 atom stereocenters. The largest absolute Gasteiger partial charge is 0.357 e. The van der Waals surface area contributed by atoms with Crippen molar-refractivity contribution in [2.24, 2.45) is 5.73 Å². The summed E-state index contributed by atoms with van der Waals surface area (Å²) in [6.07, 6.45) is 5.17. The first-order valence-electron chi connectivity index (χ1n) is 2.84. The van der Waals surface area contributed by atoms with E-state index >= 15 is 0 Å². The van der Waals surface area contributed by atoms with Gasteiger partial charge in [0, 0.05) is 12.1 Å². The van der Waals surface area contributed by atoms with Crippen molar-refractivity contribution in [3.05, 3.63) is 23.9 Å². The zero-order valence-corrected chi connectivity index (χ0v) is 6.78. The highest BCUT2D eigenvalue weighted by atomic mass is 35.5. The van der Waals surface area contributed by atoms with Crippen LogP contribution in [0.25, 0.3) is 0 Å². The molecule has 0 aliphatic carbocycles. The Hall–Kier alpha value is -0.180. The Morgan fingerprint density at radius 1 is 1.70 bits per heavy atom. The van der Waals surface area contributed by atoms with Crippen molar-refractivity contribution >= 4 is 23.2 Å². The van der Waals surface area contributed by atoms with E-state index in [1.165, 1.54) is 0 Å². The molecule has 1 aliphatic rings. The number of hydrogen-bond donors (Lipinski definition) is 2. The molecule has 4 heteroatoms. The Kier molecular flexibility index (Phi) is 2.24. The van der Waals surface area contributed by atoms with E-state index in [2.05, 4.69) is 5.32 Å². The molecular formula is C6H8Cl2N2. The molecule has 0 spiro atoms. The van der Waals surface area contributed by atoms with Gasteiger partial charge in [0.2, 0.25) is 0 Å². The van der Waals surface area contributed by atoms with Gasteiger partial charge in [0.25, 0.3) is 0 Å². The summed E-state index contributed by atoms with van der Waals surface area (Å²) in [5.74, 6) is 0.469. The third-order valence-electron chi connectivity index (χ3n) is 1.17. The molecule has 0 bridgehead atoms. The van der Waals surface area contributed by atoms with Gasteiger partial charge in [0.1, 0.15) is 0 Å². The molecule has 1 aliphatic heterocycles. The number of nitrogens with one attached hydrogen (secondary N) is 1. The van der Waals surface area contributed by atoms with Crippen LogP contribution in [0.1, 0.15) is 0 Å². The molecule has 0 radical (unpaired) electrons. The molecule has 56 valence electrons. The van der Waals surface area contributed by atoms with Crippen molar-refractivity contribution in [1.29, 1.82) is 0 Å². The van der Waals surface area contributed by atoms with Crippen molar-refractivity contribution in [3.8, 4) is 0 Å². The van der Waals surface area contributed by atoms with Gasteiger partial charge >= 0.3 is 0 Å². The number of nitrogens with two attached hydrogens (primary N) is 1. The fourth-order valence-electron chi connectivity index (χ4n) is 0.611. The normalized spacial score (nSPS) is 31.3. The van der Waals surface area contributed by atoms with E-state index in [9.17, 15) is 0 Å². The van der Waals surface area contributed by atoms with Crippen LogP contribution < -0.4 is 11.1 Å². The Labute approximate surface area is 69.7 Å². The van der Waals surface area contributed by atoms with Gasteiger partial charge in [-0.1, -0.05) is 17.7 Å². The molecule has 0 saturated heterocycles. The topological polar surface area (TPSA) is 38.0 Å². The van der Waals surface area contributed by atoms with E-state index in [1.54, 1.807) is 18.4 Å². The van der Waals surface area contributed by atoms with Crippen LogP contribution in [0.3, 0.4) is 0 Å². The van der Waals surface area contributed by atoms with Gasteiger partial charge in [-0.3, -0.25) is 5.73 Å². The Morgan fingerprint density at radius 2 is 2.40 bits per heavy atom. The Bertz CT molecular complexity index is 184. The summed E-state index contributed by atoms with van der Waals surface area (Å²) in [6.45, 7) is 0. The van der Waals surface area contributed by atoms with E-state index in [1.807, 2.05) is 0 Å². The molecule has 0 aromatic heterocycles. The van der Waals surface area contributed by atoms with Crippen molar-refractivity contribution in [2.45, 2.75) is 5.12 Å². The minimum atomic E-state index is -0.935. The minimum Gasteiger partial charge on any atom is -0.357 e. The van der Waals surface area contributed by atoms with E-state index < -0.39 is 5.12 Å². The van der Waals surface area contributed by atoms with Gasteiger partial charge in [-0.05, 0) is 11.6 Å². The van der Waals surface area contributed by atoms with Gasteiger partial charge < -0.3 is 5.32 Å². The molecule has 3 N–H and O–H groups in total. The highest BCUT2D eigenvalue weighted by molar-refractivity contribution is 6.24.